The number of pyridine rings is 2. The van der Waals surface area contributed by atoms with E-state index in [2.05, 4.69) is 59.0 Å². The summed E-state index contributed by atoms with van der Waals surface area (Å²) >= 11 is 0. The molecular weight excluding hydrogens is 394 g/mol. The lowest BCUT2D eigenvalue weighted by Crippen LogP contribution is -2.59. The van der Waals surface area contributed by atoms with E-state index in [0.29, 0.717) is 13.1 Å². The molecule has 0 unspecified atom stereocenters. The van der Waals surface area contributed by atoms with Crippen molar-refractivity contribution >= 4 is 28.6 Å². The average Bonchev–Trinajstić information content (AvgIpc) is 3.30. The van der Waals surface area contributed by atoms with Gasteiger partial charge in [0.05, 0.1) is 22.8 Å². The van der Waals surface area contributed by atoms with Crippen LogP contribution in [0.1, 0.15) is 36.5 Å². The molecule has 0 saturated carbocycles. The van der Waals surface area contributed by atoms with Gasteiger partial charge in [-0.3, -0.25) is 0 Å². The highest BCUT2D eigenvalue weighted by Crippen LogP contribution is 2.38. The van der Waals surface area contributed by atoms with Crippen LogP contribution in [0.5, 0.6) is 0 Å². The van der Waals surface area contributed by atoms with Crippen LogP contribution in [0.3, 0.4) is 0 Å². The molecule has 4 aromatic heterocycles. The van der Waals surface area contributed by atoms with Gasteiger partial charge >= 0.3 is 6.09 Å². The molecule has 4 aromatic rings. The van der Waals surface area contributed by atoms with Gasteiger partial charge in [-0.2, -0.15) is 5.10 Å². The first-order valence-electron chi connectivity index (χ1n) is 10.4. The summed E-state index contributed by atoms with van der Waals surface area (Å²) in [6.07, 6.45) is 2.62. The van der Waals surface area contributed by atoms with Gasteiger partial charge in [0.2, 0.25) is 0 Å². The fourth-order valence-electron chi connectivity index (χ4n) is 4.41. The Hall–Kier alpha value is -3.62. The van der Waals surface area contributed by atoms with E-state index in [4.69, 9.17) is 10.1 Å². The number of anilines is 1. The van der Waals surface area contributed by atoms with Crippen molar-refractivity contribution in [2.24, 2.45) is 0 Å². The number of carboxylic acid groups (broad SMARTS) is 1. The Bertz CT molecular complexity index is 1310. The zero-order valence-corrected chi connectivity index (χ0v) is 18.0. The number of aromatic nitrogens is 5. The molecule has 1 fully saturated rings. The summed E-state index contributed by atoms with van der Waals surface area (Å²) in [7, 11) is 0. The van der Waals surface area contributed by atoms with Crippen LogP contribution in [0.15, 0.2) is 24.7 Å². The molecule has 9 nitrogen and oxygen atoms in total. The summed E-state index contributed by atoms with van der Waals surface area (Å²) in [5.74, 6) is 1.12. The first kappa shape index (κ1) is 19.3. The second kappa shape index (κ2) is 6.97. The number of aryl methyl sites for hydroxylation is 1. The number of rotatable bonds is 4. The fourth-order valence-corrected chi connectivity index (χ4v) is 4.41. The van der Waals surface area contributed by atoms with E-state index in [1.807, 2.05) is 16.8 Å². The van der Waals surface area contributed by atoms with Gasteiger partial charge in [-0.15, -0.1) is 0 Å². The first-order valence-corrected chi connectivity index (χ1v) is 10.4. The topological polar surface area (TPSA) is 111 Å². The van der Waals surface area contributed by atoms with Gasteiger partial charge in [-0.05, 0) is 43.0 Å². The van der Waals surface area contributed by atoms with Crippen molar-refractivity contribution in [2.75, 3.05) is 18.0 Å². The predicted octanol–water partition coefficient (Wildman–Crippen LogP) is 3.47. The maximum Gasteiger partial charge on any atom is 0.405 e. The Balaban J connectivity index is 1.60. The molecule has 160 valence electrons. The number of nitrogens with zero attached hydrogens (tertiary/aromatic N) is 5. The number of aromatic amines is 1. The van der Waals surface area contributed by atoms with Crippen molar-refractivity contribution in [1.29, 1.82) is 0 Å². The number of amides is 1. The van der Waals surface area contributed by atoms with Gasteiger partial charge in [-0.1, -0.05) is 13.8 Å². The Morgan fingerprint density at radius 3 is 2.74 bits per heavy atom. The van der Waals surface area contributed by atoms with Gasteiger partial charge in [0.25, 0.3) is 0 Å². The lowest BCUT2D eigenvalue weighted by atomic mass is 9.95. The summed E-state index contributed by atoms with van der Waals surface area (Å²) in [6, 6.07) is 3.99. The second-order valence-corrected chi connectivity index (χ2v) is 8.51. The number of nitrogens with one attached hydrogen (secondary N) is 2. The van der Waals surface area contributed by atoms with Crippen LogP contribution in [-0.4, -0.2) is 54.9 Å². The third kappa shape index (κ3) is 3.08. The molecule has 0 aliphatic carbocycles. The van der Waals surface area contributed by atoms with Gasteiger partial charge in [0, 0.05) is 30.4 Å². The monoisotopic (exact) mass is 419 g/mol. The lowest BCUT2D eigenvalue weighted by Gasteiger charge is -2.39. The maximum absolute atomic E-state index is 10.8. The van der Waals surface area contributed by atoms with Crippen molar-refractivity contribution in [1.82, 2.24) is 29.9 Å². The van der Waals surface area contributed by atoms with E-state index in [-0.39, 0.29) is 12.0 Å². The van der Waals surface area contributed by atoms with Crippen LogP contribution in [0.25, 0.3) is 27.9 Å². The molecule has 0 bridgehead atoms. The van der Waals surface area contributed by atoms with E-state index in [9.17, 15) is 4.79 Å². The van der Waals surface area contributed by atoms with E-state index in [1.54, 1.807) is 6.33 Å². The molecule has 1 aliphatic rings. The van der Waals surface area contributed by atoms with E-state index >= 15 is 0 Å². The van der Waals surface area contributed by atoms with Crippen LogP contribution in [0.2, 0.25) is 0 Å². The van der Waals surface area contributed by atoms with Gasteiger partial charge in [0.15, 0.2) is 5.65 Å². The molecule has 1 aliphatic heterocycles. The summed E-state index contributed by atoms with van der Waals surface area (Å²) in [4.78, 5) is 25.9. The molecule has 9 heteroatoms. The van der Waals surface area contributed by atoms with Crippen molar-refractivity contribution in [3.8, 4) is 11.3 Å². The molecule has 0 spiro atoms. The Labute approximate surface area is 179 Å². The minimum atomic E-state index is -0.986. The second-order valence-electron chi connectivity index (χ2n) is 8.51. The van der Waals surface area contributed by atoms with E-state index in [0.717, 1.165) is 39.3 Å². The van der Waals surface area contributed by atoms with Crippen LogP contribution in [-0.2, 0) is 0 Å². The van der Waals surface area contributed by atoms with Gasteiger partial charge in [0.1, 0.15) is 12.1 Å². The summed E-state index contributed by atoms with van der Waals surface area (Å²) in [5.41, 5.74) is 8.39. The minimum Gasteiger partial charge on any atom is -0.465 e. The smallest absolute Gasteiger partial charge is 0.405 e. The third-order valence-corrected chi connectivity index (χ3v) is 6.17. The Morgan fingerprint density at radius 1 is 1.26 bits per heavy atom. The largest absolute Gasteiger partial charge is 0.465 e. The average molecular weight is 419 g/mol. The minimum absolute atomic E-state index is 0.0543. The van der Waals surface area contributed by atoms with Crippen LogP contribution in [0, 0.1) is 13.8 Å². The van der Waals surface area contributed by atoms with Gasteiger partial charge < -0.3 is 20.3 Å². The molecule has 1 amide bonds. The zero-order valence-electron chi connectivity index (χ0n) is 18.0. The molecule has 31 heavy (non-hydrogen) atoms. The van der Waals surface area contributed by atoms with Crippen molar-refractivity contribution in [3.63, 3.8) is 0 Å². The molecule has 1 saturated heterocycles. The highest BCUT2D eigenvalue weighted by Gasteiger charge is 2.30. The molecule has 0 radical (unpaired) electrons. The lowest BCUT2D eigenvalue weighted by molar-refractivity contribution is 0.187. The van der Waals surface area contributed by atoms with Crippen LogP contribution in [0.4, 0.5) is 10.6 Å². The van der Waals surface area contributed by atoms with Crippen molar-refractivity contribution < 1.29 is 9.90 Å². The maximum atomic E-state index is 10.8. The number of carbonyl (C=O) groups is 1. The number of hydrogen-bond donors (Lipinski definition) is 3. The Morgan fingerprint density at radius 2 is 2.03 bits per heavy atom. The van der Waals surface area contributed by atoms with E-state index in [1.165, 1.54) is 11.1 Å². The predicted molar refractivity (Wildman–Crippen MR) is 119 cm³/mol. The third-order valence-electron chi connectivity index (χ3n) is 6.17. The van der Waals surface area contributed by atoms with E-state index < -0.39 is 6.09 Å². The summed E-state index contributed by atoms with van der Waals surface area (Å²) in [5, 5.41) is 15.8. The number of H-pyrrole nitrogens is 1. The first-order chi connectivity index (χ1) is 14.8. The van der Waals surface area contributed by atoms with Crippen molar-refractivity contribution in [3.05, 3.63) is 41.3 Å². The molecule has 0 atom stereocenters. The van der Waals surface area contributed by atoms with Crippen LogP contribution >= 0.6 is 0 Å². The zero-order chi connectivity index (χ0) is 21.9. The van der Waals surface area contributed by atoms with Crippen molar-refractivity contribution in [2.45, 2.75) is 39.7 Å². The highest BCUT2D eigenvalue weighted by molar-refractivity contribution is 5.90. The van der Waals surface area contributed by atoms with Gasteiger partial charge in [-0.25, -0.2) is 19.3 Å². The standard InChI is InChI=1S/C22H25N7O2/c1-11(2)18-19(15-9-29-21(23-10-24-29)13(4)12(15)3)26-16-5-6-17(27-20(16)18)28-7-14(8-28)25-22(30)31/h5-6,9-11,14,25-26H,7-8H2,1-4H3,(H,30,31). The number of hydrogen-bond acceptors (Lipinski definition) is 5. The molecule has 5 heterocycles. The summed E-state index contributed by atoms with van der Waals surface area (Å²) in [6.45, 7) is 9.78. The highest BCUT2D eigenvalue weighted by atomic mass is 16.4. The normalized spacial score (nSPS) is 14.5. The summed E-state index contributed by atoms with van der Waals surface area (Å²) < 4.78 is 1.82. The quantitative estimate of drug-likeness (QED) is 0.467. The van der Waals surface area contributed by atoms with Crippen LogP contribution < -0.4 is 10.2 Å². The fraction of sp³-hybridized carbons (Fsp3) is 0.364. The molecule has 3 N–H and O–H groups in total. The molecule has 0 aromatic carbocycles. The molecule has 5 rings (SSSR count). The SMILES string of the molecule is Cc1c(-c2[nH]c3ccc(N4CC(NC(=O)O)C4)nc3c2C(C)C)cn2ncnc2c1C. The molecular formula is C22H25N7O2. The Kier molecular flexibility index (Phi) is 4.35. The number of fused-ring (bicyclic) bond motifs is 2.